The lowest BCUT2D eigenvalue weighted by Crippen LogP contribution is -2.37. The highest BCUT2D eigenvalue weighted by molar-refractivity contribution is 5.85. The molecule has 0 aromatic heterocycles. The molecular formula is C9H22ClN3O2. The van der Waals surface area contributed by atoms with Gasteiger partial charge in [0.05, 0.1) is 0 Å². The lowest BCUT2D eigenvalue weighted by Gasteiger charge is -2.19. The van der Waals surface area contributed by atoms with Crippen LogP contribution >= 0.6 is 12.4 Å². The van der Waals surface area contributed by atoms with Gasteiger partial charge < -0.3 is 21.1 Å². The quantitative estimate of drug-likeness (QED) is 0.610. The number of carbonyl (C=O) groups is 1. The molecule has 0 aliphatic heterocycles. The molecule has 0 radical (unpaired) electrons. The first kappa shape index (κ1) is 16.9. The van der Waals surface area contributed by atoms with Crippen LogP contribution in [-0.4, -0.2) is 37.9 Å². The summed E-state index contributed by atoms with van der Waals surface area (Å²) in [6.45, 7) is 8.12. The maximum Gasteiger partial charge on any atom is 0.407 e. The van der Waals surface area contributed by atoms with Crippen molar-refractivity contribution in [1.82, 2.24) is 10.6 Å². The summed E-state index contributed by atoms with van der Waals surface area (Å²) >= 11 is 0. The molecule has 1 amide bonds. The van der Waals surface area contributed by atoms with Crippen LogP contribution in [0.3, 0.4) is 0 Å². The second-order valence-electron chi connectivity index (χ2n) is 3.97. The third kappa shape index (κ3) is 13.5. The fourth-order valence-electron chi connectivity index (χ4n) is 0.794. The normalized spacial score (nSPS) is 10.4. The van der Waals surface area contributed by atoms with Crippen LogP contribution in [0.5, 0.6) is 0 Å². The molecule has 0 spiro atoms. The lowest BCUT2D eigenvalue weighted by molar-refractivity contribution is 0.0528. The summed E-state index contributed by atoms with van der Waals surface area (Å²) in [6.07, 6.45) is -0.382. The molecule has 0 saturated heterocycles. The summed E-state index contributed by atoms with van der Waals surface area (Å²) in [5.41, 5.74) is 4.84. The van der Waals surface area contributed by atoms with Gasteiger partial charge in [0.2, 0.25) is 0 Å². The van der Waals surface area contributed by atoms with Crippen molar-refractivity contribution in [2.45, 2.75) is 26.4 Å². The molecule has 5 nitrogen and oxygen atoms in total. The predicted octanol–water partition coefficient (Wildman–Crippen LogP) is 0.481. The largest absolute Gasteiger partial charge is 0.444 e. The van der Waals surface area contributed by atoms with Crippen LogP contribution in [0.15, 0.2) is 0 Å². The molecule has 15 heavy (non-hydrogen) atoms. The van der Waals surface area contributed by atoms with E-state index in [1.807, 2.05) is 20.8 Å². The van der Waals surface area contributed by atoms with Crippen LogP contribution in [0.2, 0.25) is 0 Å². The first-order valence-electron chi connectivity index (χ1n) is 4.83. The van der Waals surface area contributed by atoms with Crippen molar-refractivity contribution < 1.29 is 9.53 Å². The second kappa shape index (κ2) is 8.76. The average molecular weight is 240 g/mol. The molecular weight excluding hydrogens is 218 g/mol. The molecule has 0 saturated carbocycles. The Morgan fingerprint density at radius 1 is 1.27 bits per heavy atom. The third-order valence-electron chi connectivity index (χ3n) is 1.29. The van der Waals surface area contributed by atoms with Crippen molar-refractivity contribution in [1.29, 1.82) is 0 Å². The molecule has 4 N–H and O–H groups in total. The molecule has 0 aliphatic rings. The number of alkyl carbamates (subject to hydrolysis) is 1. The number of hydrogen-bond donors (Lipinski definition) is 3. The van der Waals surface area contributed by atoms with Crippen LogP contribution in [0.25, 0.3) is 0 Å². The van der Waals surface area contributed by atoms with Gasteiger partial charge in [-0.2, -0.15) is 0 Å². The smallest absolute Gasteiger partial charge is 0.407 e. The maximum atomic E-state index is 11.1. The summed E-state index contributed by atoms with van der Waals surface area (Å²) in [5, 5.41) is 5.69. The van der Waals surface area contributed by atoms with Crippen LogP contribution in [0, 0.1) is 0 Å². The van der Waals surface area contributed by atoms with Gasteiger partial charge in [-0.1, -0.05) is 0 Å². The van der Waals surface area contributed by atoms with E-state index in [4.69, 9.17) is 10.5 Å². The van der Waals surface area contributed by atoms with Crippen LogP contribution < -0.4 is 16.4 Å². The third-order valence-corrected chi connectivity index (χ3v) is 1.29. The molecule has 0 heterocycles. The van der Waals surface area contributed by atoms with Gasteiger partial charge in [-0.25, -0.2) is 4.79 Å². The van der Waals surface area contributed by atoms with Gasteiger partial charge in [0, 0.05) is 26.2 Å². The topological polar surface area (TPSA) is 76.4 Å². The van der Waals surface area contributed by atoms with E-state index in [0.717, 1.165) is 6.54 Å². The SMILES string of the molecule is CC(C)(C)OC(=O)NCCNCCN.Cl. The fraction of sp³-hybridized carbons (Fsp3) is 0.889. The van der Waals surface area contributed by atoms with Gasteiger partial charge in [-0.3, -0.25) is 0 Å². The van der Waals surface area contributed by atoms with Crippen LogP contribution in [0.1, 0.15) is 20.8 Å². The molecule has 0 fully saturated rings. The number of rotatable bonds is 5. The monoisotopic (exact) mass is 239 g/mol. The summed E-state index contributed by atoms with van der Waals surface area (Å²) in [6, 6.07) is 0. The second-order valence-corrected chi connectivity index (χ2v) is 3.97. The minimum absolute atomic E-state index is 0. The number of carbonyl (C=O) groups excluding carboxylic acids is 1. The number of amides is 1. The highest BCUT2D eigenvalue weighted by Gasteiger charge is 2.15. The number of ether oxygens (including phenoxy) is 1. The Morgan fingerprint density at radius 2 is 1.87 bits per heavy atom. The fourth-order valence-corrected chi connectivity index (χ4v) is 0.794. The Bertz CT molecular complexity index is 171. The summed E-state index contributed by atoms with van der Waals surface area (Å²) < 4.78 is 5.04. The Balaban J connectivity index is 0. The predicted molar refractivity (Wildman–Crippen MR) is 63.4 cm³/mol. The van der Waals surface area contributed by atoms with Crippen molar-refractivity contribution >= 4 is 18.5 Å². The number of halogens is 1. The molecule has 0 aromatic rings. The minimum atomic E-state index is -0.436. The minimum Gasteiger partial charge on any atom is -0.444 e. The number of nitrogens with two attached hydrogens (primary N) is 1. The van der Waals surface area contributed by atoms with Crippen molar-refractivity contribution in [3.05, 3.63) is 0 Å². The van der Waals surface area contributed by atoms with Gasteiger partial charge in [0.25, 0.3) is 0 Å². The van der Waals surface area contributed by atoms with Crippen molar-refractivity contribution in [2.24, 2.45) is 5.73 Å². The first-order chi connectivity index (χ1) is 6.45. The highest BCUT2D eigenvalue weighted by atomic mass is 35.5. The molecule has 0 aliphatic carbocycles. The van der Waals surface area contributed by atoms with E-state index >= 15 is 0 Å². The van der Waals surface area contributed by atoms with E-state index in [1.165, 1.54) is 0 Å². The number of hydrogen-bond acceptors (Lipinski definition) is 4. The Labute approximate surface area is 97.5 Å². The zero-order valence-electron chi connectivity index (χ0n) is 9.63. The highest BCUT2D eigenvalue weighted by Crippen LogP contribution is 2.05. The van der Waals surface area contributed by atoms with Gasteiger partial charge in [-0.05, 0) is 20.8 Å². The Kier molecular flexibility index (Phi) is 9.87. The summed E-state index contributed by atoms with van der Waals surface area (Å²) in [4.78, 5) is 11.1. The summed E-state index contributed by atoms with van der Waals surface area (Å²) in [5.74, 6) is 0. The van der Waals surface area contributed by atoms with Gasteiger partial charge in [0.15, 0.2) is 0 Å². The zero-order valence-corrected chi connectivity index (χ0v) is 10.4. The molecule has 0 atom stereocenters. The van der Waals surface area contributed by atoms with E-state index in [-0.39, 0.29) is 18.5 Å². The van der Waals surface area contributed by atoms with E-state index in [0.29, 0.717) is 19.6 Å². The molecule has 92 valence electrons. The maximum absolute atomic E-state index is 11.1. The Morgan fingerprint density at radius 3 is 2.33 bits per heavy atom. The molecule has 0 aromatic carbocycles. The van der Waals surface area contributed by atoms with Gasteiger partial charge >= 0.3 is 6.09 Å². The van der Waals surface area contributed by atoms with Crippen molar-refractivity contribution in [3.63, 3.8) is 0 Å². The van der Waals surface area contributed by atoms with E-state index < -0.39 is 5.60 Å². The zero-order chi connectivity index (χ0) is 11.0. The number of nitrogens with one attached hydrogen (secondary N) is 2. The van der Waals surface area contributed by atoms with Crippen LogP contribution in [-0.2, 0) is 4.74 Å². The summed E-state index contributed by atoms with van der Waals surface area (Å²) in [7, 11) is 0. The molecule has 0 rings (SSSR count). The standard InChI is InChI=1S/C9H21N3O2.ClH/c1-9(2,3)14-8(13)12-7-6-11-5-4-10;/h11H,4-7,10H2,1-3H3,(H,12,13);1H. The Hall–Kier alpha value is -0.520. The first-order valence-corrected chi connectivity index (χ1v) is 4.83. The van der Waals surface area contributed by atoms with E-state index in [2.05, 4.69) is 10.6 Å². The van der Waals surface area contributed by atoms with Crippen molar-refractivity contribution in [2.75, 3.05) is 26.2 Å². The lowest BCUT2D eigenvalue weighted by atomic mass is 10.2. The van der Waals surface area contributed by atoms with Gasteiger partial charge in [0.1, 0.15) is 5.60 Å². The molecule has 0 bridgehead atoms. The molecule has 6 heteroatoms. The van der Waals surface area contributed by atoms with E-state index in [1.54, 1.807) is 0 Å². The van der Waals surface area contributed by atoms with Gasteiger partial charge in [-0.15, -0.1) is 12.4 Å². The van der Waals surface area contributed by atoms with Crippen molar-refractivity contribution in [3.8, 4) is 0 Å². The molecule has 0 unspecified atom stereocenters. The van der Waals surface area contributed by atoms with E-state index in [9.17, 15) is 4.79 Å². The van der Waals surface area contributed by atoms with Crippen LogP contribution in [0.4, 0.5) is 4.79 Å². The average Bonchev–Trinajstić information content (AvgIpc) is 2.00.